The van der Waals surface area contributed by atoms with Gasteiger partial charge in [-0.05, 0) is 23.1 Å². The van der Waals surface area contributed by atoms with E-state index in [0.717, 1.165) is 6.42 Å². The molecule has 0 atom stereocenters. The Bertz CT molecular complexity index is 386. The van der Waals surface area contributed by atoms with E-state index in [1.807, 2.05) is 0 Å². The van der Waals surface area contributed by atoms with Crippen LogP contribution >= 0.6 is 0 Å². The maximum atomic E-state index is 2.22. The largest absolute Gasteiger partial charge is 0.383 e. The fourth-order valence-electron chi connectivity index (χ4n) is 1.79. The predicted octanol–water partition coefficient (Wildman–Crippen LogP) is 3.01. The van der Waals surface area contributed by atoms with Crippen LogP contribution in [-0.4, -0.2) is 19.0 Å². The second kappa shape index (κ2) is 3.70. The van der Waals surface area contributed by atoms with Crippen molar-refractivity contribution in [3.63, 3.8) is 0 Å². The highest BCUT2D eigenvalue weighted by molar-refractivity contribution is 5.78. The van der Waals surface area contributed by atoms with Crippen LogP contribution in [0.5, 0.6) is 0 Å². The summed E-state index contributed by atoms with van der Waals surface area (Å²) < 4.78 is 0. The highest BCUT2D eigenvalue weighted by atomic mass is 15.0. The summed E-state index contributed by atoms with van der Waals surface area (Å²) in [5.41, 5.74) is 4.09. The van der Waals surface area contributed by atoms with Gasteiger partial charge in [0.2, 0.25) is 0 Å². The molecule has 0 N–H and O–H groups in total. The molecule has 14 heavy (non-hydrogen) atoms. The van der Waals surface area contributed by atoms with Gasteiger partial charge >= 0.3 is 0 Å². The zero-order valence-corrected chi connectivity index (χ0v) is 8.70. The zero-order valence-electron chi connectivity index (χ0n) is 8.70. The van der Waals surface area contributed by atoms with Crippen molar-refractivity contribution in [2.45, 2.75) is 6.42 Å². The topological polar surface area (TPSA) is 3.24 Å². The second-order valence-corrected chi connectivity index (χ2v) is 3.81. The van der Waals surface area contributed by atoms with E-state index >= 15 is 0 Å². The highest BCUT2D eigenvalue weighted by Gasteiger charge is 2.08. The van der Waals surface area contributed by atoms with Crippen molar-refractivity contribution in [3.8, 4) is 0 Å². The molecule has 0 aromatic heterocycles. The van der Waals surface area contributed by atoms with Gasteiger partial charge in [-0.2, -0.15) is 0 Å². The highest BCUT2D eigenvalue weighted by Crippen LogP contribution is 2.28. The van der Waals surface area contributed by atoms with Gasteiger partial charge in [0.25, 0.3) is 0 Å². The molecule has 0 heterocycles. The van der Waals surface area contributed by atoms with E-state index in [9.17, 15) is 0 Å². The molecule has 1 aliphatic carbocycles. The summed E-state index contributed by atoms with van der Waals surface area (Å²) in [6.45, 7) is 0. The van der Waals surface area contributed by atoms with Gasteiger partial charge in [0, 0.05) is 20.3 Å². The standard InChI is InChI=1S/C13H15N/c1-14(2)10-12-8-5-7-11-6-3-4-9-13(11)12/h3-7,9-10H,8H2,1-2H3. The molecule has 0 amide bonds. The fourth-order valence-corrected chi connectivity index (χ4v) is 1.79. The molecule has 1 aromatic carbocycles. The molecule has 1 aliphatic rings. The van der Waals surface area contributed by atoms with E-state index < -0.39 is 0 Å². The Labute approximate surface area is 85.4 Å². The molecule has 0 saturated carbocycles. The summed E-state index contributed by atoms with van der Waals surface area (Å²) in [5, 5.41) is 0. The first-order valence-corrected chi connectivity index (χ1v) is 4.90. The summed E-state index contributed by atoms with van der Waals surface area (Å²) in [7, 11) is 4.13. The molecule has 0 radical (unpaired) electrons. The van der Waals surface area contributed by atoms with Crippen molar-refractivity contribution in [3.05, 3.63) is 47.7 Å². The quantitative estimate of drug-likeness (QED) is 0.650. The number of nitrogens with zero attached hydrogens (tertiary/aromatic N) is 1. The lowest BCUT2D eigenvalue weighted by Gasteiger charge is -2.16. The molecular weight excluding hydrogens is 170 g/mol. The van der Waals surface area contributed by atoms with E-state index in [4.69, 9.17) is 0 Å². The molecule has 1 nitrogen and oxygen atoms in total. The SMILES string of the molecule is CN(C)C=C1CC=Cc2ccccc21. The van der Waals surface area contributed by atoms with Crippen LogP contribution in [0.3, 0.4) is 0 Å². The normalized spacial score (nSPS) is 16.9. The molecule has 0 saturated heterocycles. The maximum absolute atomic E-state index is 2.22. The molecular formula is C13H15N. The van der Waals surface area contributed by atoms with Gasteiger partial charge in [0.05, 0.1) is 0 Å². The Morgan fingerprint density at radius 3 is 2.79 bits per heavy atom. The van der Waals surface area contributed by atoms with Crippen LogP contribution in [0.15, 0.2) is 36.5 Å². The smallest absolute Gasteiger partial charge is 0.00557 e. The molecule has 0 bridgehead atoms. The lowest BCUT2D eigenvalue weighted by molar-refractivity contribution is 0.564. The van der Waals surface area contributed by atoms with Gasteiger partial charge in [0.1, 0.15) is 0 Å². The van der Waals surface area contributed by atoms with Crippen molar-refractivity contribution in [2.75, 3.05) is 14.1 Å². The fraction of sp³-hybridized carbons (Fsp3) is 0.231. The van der Waals surface area contributed by atoms with Gasteiger partial charge in [-0.1, -0.05) is 36.4 Å². The monoisotopic (exact) mass is 185 g/mol. The molecule has 1 aromatic rings. The molecule has 1 heteroatoms. The maximum Gasteiger partial charge on any atom is 0.00557 e. The van der Waals surface area contributed by atoms with Crippen LogP contribution in [0, 0.1) is 0 Å². The molecule has 2 rings (SSSR count). The summed E-state index contributed by atoms with van der Waals surface area (Å²) in [5.74, 6) is 0. The summed E-state index contributed by atoms with van der Waals surface area (Å²) in [6.07, 6.45) is 7.65. The first-order chi connectivity index (χ1) is 6.77. The third-order valence-corrected chi connectivity index (χ3v) is 2.36. The van der Waals surface area contributed by atoms with Gasteiger partial charge in [0.15, 0.2) is 0 Å². The summed E-state index contributed by atoms with van der Waals surface area (Å²) in [6, 6.07) is 8.53. The van der Waals surface area contributed by atoms with E-state index in [1.165, 1.54) is 16.7 Å². The molecule has 0 spiro atoms. The second-order valence-electron chi connectivity index (χ2n) is 3.81. The van der Waals surface area contributed by atoms with Crippen LogP contribution in [0.1, 0.15) is 17.5 Å². The number of allylic oxidation sites excluding steroid dienone is 2. The van der Waals surface area contributed by atoms with E-state index in [1.54, 1.807) is 0 Å². The van der Waals surface area contributed by atoms with Crippen molar-refractivity contribution >= 4 is 11.6 Å². The minimum absolute atomic E-state index is 1.04. The third-order valence-electron chi connectivity index (χ3n) is 2.36. The Balaban J connectivity index is 2.46. The summed E-state index contributed by atoms with van der Waals surface area (Å²) >= 11 is 0. The van der Waals surface area contributed by atoms with Gasteiger partial charge in [-0.15, -0.1) is 0 Å². The number of fused-ring (bicyclic) bond motifs is 1. The molecule has 0 fully saturated rings. The average molecular weight is 185 g/mol. The molecule has 72 valence electrons. The minimum atomic E-state index is 1.04. The van der Waals surface area contributed by atoms with Crippen LogP contribution < -0.4 is 0 Å². The first-order valence-electron chi connectivity index (χ1n) is 4.90. The summed E-state index contributed by atoms with van der Waals surface area (Å²) in [4.78, 5) is 2.10. The van der Waals surface area contributed by atoms with Crippen molar-refractivity contribution in [1.82, 2.24) is 4.90 Å². The van der Waals surface area contributed by atoms with E-state index in [0.29, 0.717) is 0 Å². The lowest BCUT2D eigenvalue weighted by Crippen LogP contribution is -2.04. The Morgan fingerprint density at radius 2 is 2.00 bits per heavy atom. The Morgan fingerprint density at radius 1 is 1.21 bits per heavy atom. The number of hydrogen-bond acceptors (Lipinski definition) is 1. The Kier molecular flexibility index (Phi) is 2.40. The predicted molar refractivity (Wildman–Crippen MR) is 61.8 cm³/mol. The van der Waals surface area contributed by atoms with Crippen molar-refractivity contribution in [2.24, 2.45) is 0 Å². The van der Waals surface area contributed by atoms with Crippen LogP contribution in [0.4, 0.5) is 0 Å². The number of benzene rings is 1. The van der Waals surface area contributed by atoms with E-state index in [2.05, 4.69) is 61.6 Å². The van der Waals surface area contributed by atoms with Gasteiger partial charge in [-0.3, -0.25) is 0 Å². The van der Waals surface area contributed by atoms with E-state index in [-0.39, 0.29) is 0 Å². The number of hydrogen-bond donors (Lipinski definition) is 0. The van der Waals surface area contributed by atoms with Crippen LogP contribution in [0.25, 0.3) is 11.6 Å². The number of rotatable bonds is 1. The van der Waals surface area contributed by atoms with Crippen LogP contribution in [0.2, 0.25) is 0 Å². The van der Waals surface area contributed by atoms with Crippen LogP contribution in [-0.2, 0) is 0 Å². The van der Waals surface area contributed by atoms with Gasteiger partial charge < -0.3 is 4.90 Å². The molecule has 0 unspecified atom stereocenters. The van der Waals surface area contributed by atoms with Crippen molar-refractivity contribution in [1.29, 1.82) is 0 Å². The lowest BCUT2D eigenvalue weighted by atomic mass is 9.93. The minimum Gasteiger partial charge on any atom is -0.383 e. The van der Waals surface area contributed by atoms with Gasteiger partial charge in [-0.25, -0.2) is 0 Å². The Hall–Kier alpha value is -1.50. The first kappa shape index (κ1) is 9.07. The van der Waals surface area contributed by atoms with Crippen molar-refractivity contribution < 1.29 is 0 Å². The zero-order chi connectivity index (χ0) is 9.97. The average Bonchev–Trinajstić information content (AvgIpc) is 2.18. The molecule has 0 aliphatic heterocycles. The third kappa shape index (κ3) is 1.72.